The van der Waals surface area contributed by atoms with Crippen LogP contribution in [-0.4, -0.2) is 34.7 Å². The van der Waals surface area contributed by atoms with E-state index in [4.69, 9.17) is 10.2 Å². The van der Waals surface area contributed by atoms with Gasteiger partial charge in [-0.3, -0.25) is 14.4 Å². The molecule has 1 saturated heterocycles. The minimum Gasteiger partial charge on any atom is -0.481 e. The molecule has 0 aliphatic carbocycles. The first-order valence-corrected chi connectivity index (χ1v) is 4.11. The molecule has 0 aromatic carbocycles. The Kier molecular flexibility index (Phi) is 3.06. The molecule has 0 saturated carbocycles. The van der Waals surface area contributed by atoms with Crippen LogP contribution in [0.5, 0.6) is 0 Å². The van der Waals surface area contributed by atoms with Crippen molar-refractivity contribution in [3.05, 3.63) is 0 Å². The lowest BCUT2D eigenvalue weighted by molar-refractivity contribution is -0.147. The smallest absolute Gasteiger partial charge is 0.309 e. The van der Waals surface area contributed by atoms with E-state index in [9.17, 15) is 14.4 Å². The fourth-order valence-corrected chi connectivity index (χ4v) is 1.47. The maximum absolute atomic E-state index is 11.0. The molecule has 0 amide bonds. The quantitative estimate of drug-likeness (QED) is 0.608. The zero-order valence-corrected chi connectivity index (χ0v) is 7.30. The molecular formula is C8H10O6. The SMILES string of the molecule is O=C(O)C[C@@H]1COC(=O)[C@@H]1CC(=O)O. The number of carboxylic acid groups (broad SMARTS) is 2. The van der Waals surface area contributed by atoms with E-state index in [0.29, 0.717) is 0 Å². The number of carboxylic acids is 2. The molecule has 14 heavy (non-hydrogen) atoms. The first kappa shape index (κ1) is 10.5. The summed E-state index contributed by atoms with van der Waals surface area (Å²) in [6.07, 6.45) is -0.597. The van der Waals surface area contributed by atoms with Gasteiger partial charge in [-0.1, -0.05) is 0 Å². The van der Waals surface area contributed by atoms with Crippen molar-refractivity contribution in [1.82, 2.24) is 0 Å². The molecule has 1 fully saturated rings. The lowest BCUT2D eigenvalue weighted by Gasteiger charge is -2.09. The Morgan fingerprint density at radius 1 is 1.29 bits per heavy atom. The van der Waals surface area contributed by atoms with Crippen LogP contribution in [0.2, 0.25) is 0 Å². The van der Waals surface area contributed by atoms with Gasteiger partial charge in [0.1, 0.15) is 0 Å². The van der Waals surface area contributed by atoms with Crippen molar-refractivity contribution >= 4 is 17.9 Å². The minimum atomic E-state index is -1.12. The predicted molar refractivity (Wildman–Crippen MR) is 42.4 cm³/mol. The number of cyclic esters (lactones) is 1. The summed E-state index contributed by atoms with van der Waals surface area (Å²) in [5.41, 5.74) is 0. The molecule has 0 unspecified atom stereocenters. The fraction of sp³-hybridized carbons (Fsp3) is 0.625. The predicted octanol–water partition coefficient (Wildman–Crippen LogP) is -0.275. The maximum atomic E-state index is 11.0. The van der Waals surface area contributed by atoms with Crippen LogP contribution in [0.3, 0.4) is 0 Å². The monoisotopic (exact) mass is 202 g/mol. The zero-order chi connectivity index (χ0) is 10.7. The van der Waals surface area contributed by atoms with Crippen LogP contribution in [0, 0.1) is 11.8 Å². The third-order valence-electron chi connectivity index (χ3n) is 2.14. The maximum Gasteiger partial charge on any atom is 0.309 e. The van der Waals surface area contributed by atoms with E-state index < -0.39 is 29.7 Å². The number of carbonyl (C=O) groups excluding carboxylic acids is 1. The van der Waals surface area contributed by atoms with E-state index in [0.717, 1.165) is 0 Å². The van der Waals surface area contributed by atoms with E-state index in [1.807, 2.05) is 0 Å². The van der Waals surface area contributed by atoms with Crippen molar-refractivity contribution in [3.63, 3.8) is 0 Å². The molecule has 2 atom stereocenters. The Morgan fingerprint density at radius 3 is 2.36 bits per heavy atom. The van der Waals surface area contributed by atoms with Crippen LogP contribution < -0.4 is 0 Å². The topological polar surface area (TPSA) is 101 Å². The van der Waals surface area contributed by atoms with Crippen molar-refractivity contribution in [3.8, 4) is 0 Å². The molecule has 1 rings (SSSR count). The van der Waals surface area contributed by atoms with E-state index in [-0.39, 0.29) is 19.4 Å². The largest absolute Gasteiger partial charge is 0.481 e. The molecule has 6 heteroatoms. The van der Waals surface area contributed by atoms with Crippen molar-refractivity contribution in [2.75, 3.05) is 6.61 Å². The Bertz CT molecular complexity index is 271. The number of hydrogen-bond acceptors (Lipinski definition) is 4. The van der Waals surface area contributed by atoms with Crippen molar-refractivity contribution in [1.29, 1.82) is 0 Å². The van der Waals surface area contributed by atoms with E-state index in [2.05, 4.69) is 4.74 Å². The molecule has 0 aromatic rings. The molecule has 1 aliphatic rings. The van der Waals surface area contributed by atoms with Gasteiger partial charge in [0.25, 0.3) is 0 Å². The summed E-state index contributed by atoms with van der Waals surface area (Å²) in [6.45, 7) is 0.00306. The van der Waals surface area contributed by atoms with Crippen LogP contribution in [0.25, 0.3) is 0 Å². The van der Waals surface area contributed by atoms with Gasteiger partial charge >= 0.3 is 17.9 Å². The normalized spacial score (nSPS) is 25.9. The first-order valence-electron chi connectivity index (χ1n) is 4.11. The van der Waals surface area contributed by atoms with Gasteiger partial charge in [0.05, 0.1) is 25.4 Å². The first-order chi connectivity index (χ1) is 6.50. The molecule has 2 N–H and O–H groups in total. The zero-order valence-electron chi connectivity index (χ0n) is 7.30. The summed E-state index contributed by atoms with van der Waals surface area (Å²) in [5, 5.41) is 17.0. The lowest BCUT2D eigenvalue weighted by Crippen LogP contribution is -2.21. The Morgan fingerprint density at radius 2 is 1.86 bits per heavy atom. The third-order valence-corrected chi connectivity index (χ3v) is 2.14. The minimum absolute atomic E-state index is 0.00306. The number of rotatable bonds is 4. The van der Waals surface area contributed by atoms with E-state index in [1.54, 1.807) is 0 Å². The van der Waals surface area contributed by atoms with Gasteiger partial charge < -0.3 is 14.9 Å². The summed E-state index contributed by atoms with van der Waals surface area (Å²) in [7, 11) is 0. The second-order valence-electron chi connectivity index (χ2n) is 3.19. The van der Waals surface area contributed by atoms with Gasteiger partial charge in [-0.25, -0.2) is 0 Å². The molecule has 78 valence electrons. The van der Waals surface area contributed by atoms with Crippen LogP contribution in [0.15, 0.2) is 0 Å². The Labute approximate surface area is 79.5 Å². The summed E-state index contributed by atoms with van der Waals surface area (Å²) in [5.74, 6) is -4.12. The van der Waals surface area contributed by atoms with Gasteiger partial charge in [-0.15, -0.1) is 0 Å². The van der Waals surface area contributed by atoms with Gasteiger partial charge in [0.15, 0.2) is 0 Å². The number of aliphatic carboxylic acids is 2. The highest BCUT2D eigenvalue weighted by Gasteiger charge is 2.39. The highest BCUT2D eigenvalue weighted by atomic mass is 16.5. The summed E-state index contributed by atoms with van der Waals surface area (Å²) < 4.78 is 4.61. The molecule has 0 bridgehead atoms. The molecule has 1 heterocycles. The average Bonchev–Trinajstić information content (AvgIpc) is 2.34. The number of hydrogen-bond donors (Lipinski definition) is 2. The standard InChI is InChI=1S/C8H10O6/c9-6(10)1-4-3-14-8(13)5(4)2-7(11)12/h4-5H,1-3H2,(H,9,10)(H,11,12)/t4-,5-/m1/s1. The van der Waals surface area contributed by atoms with Gasteiger partial charge in [0.2, 0.25) is 0 Å². The second kappa shape index (κ2) is 4.08. The fourth-order valence-electron chi connectivity index (χ4n) is 1.47. The summed E-state index contributed by atoms with van der Waals surface area (Å²) >= 11 is 0. The van der Waals surface area contributed by atoms with Crippen LogP contribution in [0.1, 0.15) is 12.8 Å². The third kappa shape index (κ3) is 2.45. The average molecular weight is 202 g/mol. The summed E-state index contributed by atoms with van der Waals surface area (Å²) in [4.78, 5) is 31.8. The lowest BCUT2D eigenvalue weighted by atomic mass is 9.90. The van der Waals surface area contributed by atoms with Crippen LogP contribution in [0.4, 0.5) is 0 Å². The van der Waals surface area contributed by atoms with Gasteiger partial charge in [0, 0.05) is 5.92 Å². The van der Waals surface area contributed by atoms with Crippen molar-refractivity contribution < 1.29 is 29.3 Å². The van der Waals surface area contributed by atoms with E-state index in [1.165, 1.54) is 0 Å². The second-order valence-corrected chi connectivity index (χ2v) is 3.19. The molecular weight excluding hydrogens is 192 g/mol. The van der Waals surface area contributed by atoms with Crippen LogP contribution in [-0.2, 0) is 19.1 Å². The van der Waals surface area contributed by atoms with Crippen molar-refractivity contribution in [2.24, 2.45) is 11.8 Å². The highest BCUT2D eigenvalue weighted by Crippen LogP contribution is 2.27. The number of ether oxygens (including phenoxy) is 1. The molecule has 1 aliphatic heterocycles. The van der Waals surface area contributed by atoms with Gasteiger partial charge in [-0.2, -0.15) is 0 Å². The number of carbonyl (C=O) groups is 3. The molecule has 6 nitrogen and oxygen atoms in total. The van der Waals surface area contributed by atoms with E-state index >= 15 is 0 Å². The molecule has 0 radical (unpaired) electrons. The van der Waals surface area contributed by atoms with Crippen molar-refractivity contribution in [2.45, 2.75) is 12.8 Å². The molecule has 0 aromatic heterocycles. The number of esters is 1. The highest BCUT2D eigenvalue weighted by molar-refractivity contribution is 5.81. The van der Waals surface area contributed by atoms with Gasteiger partial charge in [-0.05, 0) is 0 Å². The Balaban J connectivity index is 2.61. The molecule has 0 spiro atoms. The van der Waals surface area contributed by atoms with Crippen LogP contribution >= 0.6 is 0 Å². The Hall–Kier alpha value is -1.59. The summed E-state index contributed by atoms with van der Waals surface area (Å²) in [6, 6.07) is 0.